The second kappa shape index (κ2) is 5.48. The third-order valence-electron chi connectivity index (χ3n) is 2.72. The predicted molar refractivity (Wildman–Crippen MR) is 74.2 cm³/mol. The number of hydrogen-bond donors (Lipinski definition) is 2. The number of aryl methyl sites for hydroxylation is 1. The van der Waals surface area contributed by atoms with Crippen LogP contribution in [0.25, 0.3) is 0 Å². The Morgan fingerprint density at radius 1 is 1.50 bits per heavy atom. The second-order valence-electron chi connectivity index (χ2n) is 4.83. The van der Waals surface area contributed by atoms with Crippen molar-refractivity contribution in [2.45, 2.75) is 38.8 Å². The van der Waals surface area contributed by atoms with Crippen LogP contribution in [0.15, 0.2) is 0 Å². The van der Waals surface area contributed by atoms with Crippen LogP contribution in [0.1, 0.15) is 30.5 Å². The highest BCUT2D eigenvalue weighted by Crippen LogP contribution is 2.42. The first-order chi connectivity index (χ1) is 9.07. The normalized spacial score (nSPS) is 26.1. The summed E-state index contributed by atoms with van der Waals surface area (Å²) in [4.78, 5) is 4.89. The molecule has 0 unspecified atom stereocenters. The van der Waals surface area contributed by atoms with Crippen molar-refractivity contribution in [1.29, 1.82) is 0 Å². The maximum absolute atomic E-state index is 10.8. The van der Waals surface area contributed by atoms with E-state index in [1.165, 1.54) is 11.3 Å². The van der Waals surface area contributed by atoms with Crippen molar-refractivity contribution in [3.05, 3.63) is 15.0 Å². The second-order valence-corrected chi connectivity index (χ2v) is 7.69. The van der Waals surface area contributed by atoms with E-state index in [2.05, 4.69) is 4.98 Å². The third-order valence-corrected chi connectivity index (χ3v) is 4.57. The fourth-order valence-electron chi connectivity index (χ4n) is 2.03. The summed E-state index contributed by atoms with van der Waals surface area (Å²) in [6, 6.07) is 0. The first-order valence-electron chi connectivity index (χ1n) is 5.78. The molecule has 10 heteroatoms. The molecule has 2 N–H and O–H groups in total. The Kier molecular flexibility index (Phi) is 4.41. The van der Waals surface area contributed by atoms with Gasteiger partial charge < -0.3 is 9.47 Å². The summed E-state index contributed by atoms with van der Waals surface area (Å²) >= 11 is 7.13. The van der Waals surface area contributed by atoms with Gasteiger partial charge in [-0.1, -0.05) is 11.6 Å². The van der Waals surface area contributed by atoms with Gasteiger partial charge in [-0.15, -0.1) is 11.3 Å². The summed E-state index contributed by atoms with van der Waals surface area (Å²) in [7, 11) is -4.28. The number of halogens is 1. The SMILES string of the molecule is Cc1nc(Cl)sc1[C@@H]1OC(C)(C)O[C@H]1CNS(=O)(=O)O. The first-order valence-corrected chi connectivity index (χ1v) is 8.41. The molecule has 0 saturated carbocycles. The molecular formula is C10H15ClN2O5S2. The van der Waals surface area contributed by atoms with Gasteiger partial charge in [0.15, 0.2) is 10.3 Å². The van der Waals surface area contributed by atoms with Crippen LogP contribution in [0.2, 0.25) is 4.47 Å². The van der Waals surface area contributed by atoms with Gasteiger partial charge in [0.25, 0.3) is 0 Å². The average Bonchev–Trinajstić information content (AvgIpc) is 2.74. The van der Waals surface area contributed by atoms with E-state index in [0.29, 0.717) is 10.2 Å². The van der Waals surface area contributed by atoms with Gasteiger partial charge in [-0.05, 0) is 20.8 Å². The largest absolute Gasteiger partial charge is 0.343 e. The fraction of sp³-hybridized carbons (Fsp3) is 0.700. The highest BCUT2D eigenvalue weighted by molar-refractivity contribution is 7.83. The topological polar surface area (TPSA) is 97.8 Å². The van der Waals surface area contributed by atoms with Gasteiger partial charge in [-0.2, -0.15) is 13.1 Å². The molecule has 0 bridgehead atoms. The number of nitrogens with zero attached hydrogens (tertiary/aromatic N) is 1. The Balaban J connectivity index is 2.22. The van der Waals surface area contributed by atoms with Crippen molar-refractivity contribution in [1.82, 2.24) is 9.71 Å². The van der Waals surface area contributed by atoms with E-state index in [4.69, 9.17) is 25.6 Å². The molecule has 0 aliphatic carbocycles. The molecule has 114 valence electrons. The lowest BCUT2D eigenvalue weighted by molar-refractivity contribution is -0.146. The summed E-state index contributed by atoms with van der Waals surface area (Å²) < 4.78 is 44.1. The maximum Gasteiger partial charge on any atom is 0.333 e. The van der Waals surface area contributed by atoms with E-state index in [1.807, 2.05) is 4.72 Å². The van der Waals surface area contributed by atoms with Gasteiger partial charge in [0.1, 0.15) is 12.2 Å². The lowest BCUT2D eigenvalue weighted by atomic mass is 10.1. The van der Waals surface area contributed by atoms with Crippen LogP contribution >= 0.6 is 22.9 Å². The summed E-state index contributed by atoms with van der Waals surface area (Å²) in [5, 5.41) is 0. The van der Waals surface area contributed by atoms with Gasteiger partial charge >= 0.3 is 10.3 Å². The summed E-state index contributed by atoms with van der Waals surface area (Å²) in [5.74, 6) is -0.862. The molecule has 2 atom stereocenters. The van der Waals surface area contributed by atoms with E-state index in [9.17, 15) is 8.42 Å². The number of ether oxygens (including phenoxy) is 2. The van der Waals surface area contributed by atoms with Crippen molar-refractivity contribution in [3.63, 3.8) is 0 Å². The Morgan fingerprint density at radius 2 is 2.15 bits per heavy atom. The Hall–Kier alpha value is -0.290. The molecule has 1 saturated heterocycles. The highest BCUT2D eigenvalue weighted by atomic mass is 35.5. The molecule has 2 heterocycles. The quantitative estimate of drug-likeness (QED) is 0.808. The molecule has 7 nitrogen and oxygen atoms in total. The van der Waals surface area contributed by atoms with E-state index in [1.54, 1.807) is 20.8 Å². The van der Waals surface area contributed by atoms with Crippen molar-refractivity contribution < 1.29 is 22.4 Å². The molecule has 1 aliphatic rings. The Morgan fingerprint density at radius 3 is 2.65 bits per heavy atom. The van der Waals surface area contributed by atoms with Crippen LogP contribution in [0.3, 0.4) is 0 Å². The van der Waals surface area contributed by atoms with E-state index in [-0.39, 0.29) is 6.54 Å². The number of hydrogen-bond acceptors (Lipinski definition) is 6. The van der Waals surface area contributed by atoms with Crippen LogP contribution in [0, 0.1) is 6.92 Å². The highest BCUT2D eigenvalue weighted by Gasteiger charge is 2.43. The first kappa shape index (κ1) is 16.1. The van der Waals surface area contributed by atoms with Crippen LogP contribution in [-0.2, 0) is 19.8 Å². The molecule has 1 aromatic heterocycles. The van der Waals surface area contributed by atoms with Gasteiger partial charge in [0.2, 0.25) is 0 Å². The van der Waals surface area contributed by atoms with Crippen molar-refractivity contribution >= 4 is 33.2 Å². The molecule has 20 heavy (non-hydrogen) atoms. The molecule has 0 aromatic carbocycles. The maximum atomic E-state index is 10.8. The zero-order valence-corrected chi connectivity index (χ0v) is 13.5. The van der Waals surface area contributed by atoms with Crippen molar-refractivity contribution in [3.8, 4) is 0 Å². The average molecular weight is 343 g/mol. The third kappa shape index (κ3) is 3.88. The number of rotatable bonds is 4. The zero-order valence-electron chi connectivity index (χ0n) is 11.1. The monoisotopic (exact) mass is 342 g/mol. The molecule has 0 spiro atoms. The molecular weight excluding hydrogens is 328 g/mol. The van der Waals surface area contributed by atoms with E-state index >= 15 is 0 Å². The summed E-state index contributed by atoms with van der Waals surface area (Å²) in [6.07, 6.45) is -1.08. The smallest absolute Gasteiger partial charge is 0.333 e. The zero-order chi connectivity index (χ0) is 15.1. The number of nitrogens with one attached hydrogen (secondary N) is 1. The number of aromatic nitrogens is 1. The summed E-state index contributed by atoms with van der Waals surface area (Å²) in [6.45, 7) is 5.14. The Labute approximate surface area is 126 Å². The van der Waals surface area contributed by atoms with E-state index < -0.39 is 28.3 Å². The van der Waals surface area contributed by atoms with Crippen LogP contribution in [0.5, 0.6) is 0 Å². The lowest BCUT2D eigenvalue weighted by Crippen LogP contribution is -2.34. The van der Waals surface area contributed by atoms with Crippen molar-refractivity contribution in [2.24, 2.45) is 0 Å². The number of thiazole rings is 1. The molecule has 0 radical (unpaired) electrons. The minimum absolute atomic E-state index is 0.109. The van der Waals surface area contributed by atoms with Crippen LogP contribution in [0.4, 0.5) is 0 Å². The Bertz CT molecular complexity index is 601. The van der Waals surface area contributed by atoms with Gasteiger partial charge in [-0.25, -0.2) is 4.98 Å². The fourth-order valence-corrected chi connectivity index (χ4v) is 3.66. The standard InChI is InChI=1S/C10H15ClN2O5S2/c1-5-8(19-9(11)13-5)7-6(4-12-20(14,15)16)17-10(2,3)18-7/h6-7,12H,4H2,1-3H3,(H,14,15,16)/t6-,7+/m0/s1. The molecule has 0 amide bonds. The van der Waals surface area contributed by atoms with E-state index in [0.717, 1.165) is 4.88 Å². The lowest BCUT2D eigenvalue weighted by Gasteiger charge is -2.16. The van der Waals surface area contributed by atoms with Gasteiger partial charge in [0, 0.05) is 6.54 Å². The minimum atomic E-state index is -4.28. The van der Waals surface area contributed by atoms with Crippen LogP contribution in [-0.4, -0.2) is 36.4 Å². The molecule has 1 aliphatic heterocycles. The summed E-state index contributed by atoms with van der Waals surface area (Å²) in [5.41, 5.74) is 0.711. The van der Waals surface area contributed by atoms with Crippen LogP contribution < -0.4 is 4.72 Å². The molecule has 1 aromatic rings. The predicted octanol–water partition coefficient (Wildman–Crippen LogP) is 1.69. The minimum Gasteiger partial charge on any atom is -0.343 e. The molecule has 2 rings (SSSR count). The molecule has 1 fully saturated rings. The van der Waals surface area contributed by atoms with Gasteiger partial charge in [0.05, 0.1) is 10.6 Å². The van der Waals surface area contributed by atoms with Crippen molar-refractivity contribution in [2.75, 3.05) is 6.54 Å². The van der Waals surface area contributed by atoms with Gasteiger partial charge in [-0.3, -0.25) is 4.55 Å².